The highest BCUT2D eigenvalue weighted by Crippen LogP contribution is 2.41. The quantitative estimate of drug-likeness (QED) is 0.148. The zero-order valence-corrected chi connectivity index (χ0v) is 31.8. The fourth-order valence-electron chi connectivity index (χ4n) is 6.86. The predicted molar refractivity (Wildman–Crippen MR) is 202 cm³/mol. The molecule has 0 bridgehead atoms. The molecule has 6 aromatic rings. The van der Waals surface area contributed by atoms with Crippen LogP contribution in [-0.4, -0.2) is 74.8 Å². The highest BCUT2D eigenvalue weighted by Gasteiger charge is 2.44. The summed E-state index contributed by atoms with van der Waals surface area (Å²) in [6.45, 7) is 4.21. The molecule has 1 N–H and O–H groups in total. The third-order valence-corrected chi connectivity index (χ3v) is 11.3. The van der Waals surface area contributed by atoms with E-state index in [9.17, 15) is 14.3 Å². The topological polar surface area (TPSA) is 108 Å². The van der Waals surface area contributed by atoms with Gasteiger partial charge in [-0.2, -0.15) is 5.10 Å². The van der Waals surface area contributed by atoms with Gasteiger partial charge in [0.15, 0.2) is 5.72 Å². The zero-order valence-electron chi connectivity index (χ0n) is 29.4. The highest BCUT2D eigenvalue weighted by molar-refractivity contribution is 7.09. The third kappa shape index (κ3) is 7.89. The number of hydrogen-bond donors (Lipinski definition) is 1. The zero-order chi connectivity index (χ0) is 38.0. The molecule has 1 fully saturated rings. The fourth-order valence-corrected chi connectivity index (χ4v) is 8.27. The summed E-state index contributed by atoms with van der Waals surface area (Å²) >= 11 is 14.0. The third-order valence-electron chi connectivity index (χ3n) is 9.79. The fraction of sp³-hybridized carbons (Fsp3) is 0.289. The van der Waals surface area contributed by atoms with E-state index in [2.05, 4.69) is 20.0 Å². The largest absolute Gasteiger partial charge is 0.365 e. The molecule has 16 heteroatoms. The van der Waals surface area contributed by atoms with Crippen LogP contribution in [0.15, 0.2) is 97.3 Å². The Kier molecular flexibility index (Phi) is 11.1. The maximum absolute atomic E-state index is 15.3. The van der Waals surface area contributed by atoms with Crippen molar-refractivity contribution >= 4 is 40.6 Å². The molecule has 3 atom stereocenters. The van der Waals surface area contributed by atoms with Gasteiger partial charge in [0.1, 0.15) is 29.3 Å². The van der Waals surface area contributed by atoms with Crippen molar-refractivity contribution < 1.29 is 18.7 Å². The number of amides is 2. The first-order chi connectivity index (χ1) is 26.0. The van der Waals surface area contributed by atoms with E-state index in [0.29, 0.717) is 60.0 Å². The van der Waals surface area contributed by atoms with Crippen LogP contribution in [-0.2, 0) is 32.4 Å². The SMILES string of the molecule is C[C@@H](c1nc([C@H]2CN(C(=O)N(Cc3cccc(Cl)c3)Cc3cccc(Cl)c3)CCN2Cc2cncn2C)cs1)[C@@](O)(c1ccc(F)cc1F)n1cncn1. The van der Waals surface area contributed by atoms with Crippen LogP contribution in [0.4, 0.5) is 13.6 Å². The number of aromatic nitrogens is 6. The van der Waals surface area contributed by atoms with Crippen molar-refractivity contribution in [3.05, 3.63) is 152 Å². The summed E-state index contributed by atoms with van der Waals surface area (Å²) in [5, 5.41) is 19.9. The average molecular weight is 793 g/mol. The molecular formula is C38H37Cl2F2N9O2S. The molecule has 0 radical (unpaired) electrons. The predicted octanol–water partition coefficient (Wildman–Crippen LogP) is 7.23. The minimum Gasteiger partial charge on any atom is -0.365 e. The van der Waals surface area contributed by atoms with Crippen molar-refractivity contribution in [1.29, 1.82) is 0 Å². The summed E-state index contributed by atoms with van der Waals surface area (Å²) in [4.78, 5) is 33.7. The van der Waals surface area contributed by atoms with Gasteiger partial charge in [0.25, 0.3) is 0 Å². The first kappa shape index (κ1) is 37.6. The molecule has 280 valence electrons. The number of thiazole rings is 1. The molecule has 2 amide bonds. The standard InChI is InChI=1S/C38H37Cl2F2N9O2S/c1-25(38(53,51-24-44-22-45-51)32-10-9-30(41)15-33(32)42)36-46-34(21-54-36)35-20-49(12-11-48(35)19-31-16-43-23-47(31)2)37(52)50(17-26-5-3-7-28(39)13-26)18-27-6-4-8-29(40)14-27/h3-10,13-16,21-25,35,53H,11-12,17-20H2,1-2H3/t25-,35+,38+/m0/s1. The second-order valence-electron chi connectivity index (χ2n) is 13.3. The molecule has 0 aliphatic carbocycles. The maximum Gasteiger partial charge on any atom is 0.320 e. The first-order valence-electron chi connectivity index (χ1n) is 17.2. The van der Waals surface area contributed by atoms with Gasteiger partial charge in [-0.3, -0.25) is 4.90 Å². The number of aliphatic hydroxyl groups is 1. The Morgan fingerprint density at radius 1 is 1.02 bits per heavy atom. The summed E-state index contributed by atoms with van der Waals surface area (Å²) in [7, 11) is 1.93. The minimum atomic E-state index is -2.09. The van der Waals surface area contributed by atoms with E-state index in [-0.39, 0.29) is 17.6 Å². The van der Waals surface area contributed by atoms with Crippen LogP contribution >= 0.6 is 34.5 Å². The van der Waals surface area contributed by atoms with E-state index < -0.39 is 23.3 Å². The van der Waals surface area contributed by atoms with Gasteiger partial charge < -0.3 is 19.5 Å². The first-order valence-corrected chi connectivity index (χ1v) is 18.8. The minimum absolute atomic E-state index is 0.156. The summed E-state index contributed by atoms with van der Waals surface area (Å²) < 4.78 is 32.4. The van der Waals surface area contributed by atoms with E-state index in [0.717, 1.165) is 33.6 Å². The number of carbonyl (C=O) groups is 1. The van der Waals surface area contributed by atoms with Crippen LogP contribution in [0.25, 0.3) is 0 Å². The van der Waals surface area contributed by atoms with Crippen molar-refractivity contribution in [1.82, 2.24) is 44.0 Å². The monoisotopic (exact) mass is 791 g/mol. The number of imidazole rings is 1. The molecule has 0 spiro atoms. The summed E-state index contributed by atoms with van der Waals surface area (Å²) in [6, 6.07) is 17.4. The lowest BCUT2D eigenvalue weighted by atomic mass is 9.90. The van der Waals surface area contributed by atoms with Gasteiger partial charge in [-0.25, -0.2) is 33.2 Å². The van der Waals surface area contributed by atoms with E-state index in [1.165, 1.54) is 30.1 Å². The lowest BCUT2D eigenvalue weighted by molar-refractivity contribution is -0.0326. The van der Waals surface area contributed by atoms with Crippen molar-refractivity contribution in [2.45, 2.75) is 44.2 Å². The van der Waals surface area contributed by atoms with Gasteiger partial charge in [0.2, 0.25) is 0 Å². The van der Waals surface area contributed by atoms with Crippen molar-refractivity contribution in [3.8, 4) is 0 Å². The second kappa shape index (κ2) is 15.9. The summed E-state index contributed by atoms with van der Waals surface area (Å²) in [5.74, 6) is -2.55. The van der Waals surface area contributed by atoms with Crippen LogP contribution in [0.1, 0.15) is 52.0 Å². The number of urea groups is 1. The summed E-state index contributed by atoms with van der Waals surface area (Å²) in [6.07, 6.45) is 6.08. The Labute approximate surface area is 325 Å². The van der Waals surface area contributed by atoms with Gasteiger partial charge in [0.05, 0.1) is 29.7 Å². The van der Waals surface area contributed by atoms with Crippen molar-refractivity contribution in [2.75, 3.05) is 19.6 Å². The van der Waals surface area contributed by atoms with Gasteiger partial charge in [0, 0.05) is 79.6 Å². The Balaban J connectivity index is 1.21. The molecular weight excluding hydrogens is 755 g/mol. The molecule has 1 aliphatic heterocycles. The van der Waals surface area contributed by atoms with E-state index in [1.807, 2.05) is 64.5 Å². The van der Waals surface area contributed by atoms with Crippen LogP contribution in [0.5, 0.6) is 0 Å². The number of rotatable bonds is 11. The maximum atomic E-state index is 15.3. The van der Waals surface area contributed by atoms with Gasteiger partial charge in [-0.15, -0.1) is 11.3 Å². The number of benzene rings is 3. The smallest absolute Gasteiger partial charge is 0.320 e. The lowest BCUT2D eigenvalue weighted by Crippen LogP contribution is -2.53. The van der Waals surface area contributed by atoms with Crippen LogP contribution < -0.4 is 0 Å². The molecule has 1 aliphatic rings. The number of halogens is 4. The Morgan fingerprint density at radius 3 is 2.35 bits per heavy atom. The number of hydrogen-bond acceptors (Lipinski definition) is 8. The molecule has 3 aromatic heterocycles. The Hall–Kier alpha value is -4.73. The molecule has 3 aromatic carbocycles. The van der Waals surface area contributed by atoms with Gasteiger partial charge in [-0.05, 0) is 47.5 Å². The molecule has 11 nitrogen and oxygen atoms in total. The summed E-state index contributed by atoms with van der Waals surface area (Å²) in [5.41, 5.74) is 1.18. The lowest BCUT2D eigenvalue weighted by Gasteiger charge is -2.42. The van der Waals surface area contributed by atoms with Crippen LogP contribution in [0.2, 0.25) is 10.0 Å². The molecule has 1 saturated heterocycles. The van der Waals surface area contributed by atoms with Gasteiger partial charge >= 0.3 is 6.03 Å². The highest BCUT2D eigenvalue weighted by atomic mass is 35.5. The second-order valence-corrected chi connectivity index (χ2v) is 15.1. The Morgan fingerprint density at radius 2 is 1.74 bits per heavy atom. The number of nitrogens with zero attached hydrogens (tertiary/aromatic N) is 9. The molecule has 4 heterocycles. The normalized spacial score (nSPS) is 16.6. The van der Waals surface area contributed by atoms with Crippen LogP contribution in [0, 0.1) is 11.6 Å². The average Bonchev–Trinajstić information content (AvgIpc) is 3.95. The van der Waals surface area contributed by atoms with E-state index >= 15 is 4.39 Å². The van der Waals surface area contributed by atoms with Crippen LogP contribution in [0.3, 0.4) is 0 Å². The number of carbonyl (C=O) groups excluding carboxylic acids is 1. The molecule has 0 saturated carbocycles. The number of aryl methyl sites for hydroxylation is 1. The van der Waals surface area contributed by atoms with Crippen molar-refractivity contribution in [2.24, 2.45) is 7.05 Å². The molecule has 0 unspecified atom stereocenters. The number of piperazine rings is 1. The Bertz CT molecular complexity index is 2190. The molecule has 54 heavy (non-hydrogen) atoms. The molecule has 7 rings (SSSR count). The van der Waals surface area contributed by atoms with E-state index in [4.69, 9.17) is 28.2 Å². The van der Waals surface area contributed by atoms with E-state index in [1.54, 1.807) is 30.3 Å². The van der Waals surface area contributed by atoms with Gasteiger partial charge in [-0.1, -0.05) is 54.4 Å². The van der Waals surface area contributed by atoms with Crippen molar-refractivity contribution in [3.63, 3.8) is 0 Å².